The second kappa shape index (κ2) is 80.1. The molecule has 0 aromatic rings. The van der Waals surface area contributed by atoms with Gasteiger partial charge in [-0.1, -0.05) is 357 Å². The van der Waals surface area contributed by atoms with E-state index < -0.39 is 24.3 Å². The maximum Gasteiger partial charge on any atom is 0.306 e. The van der Waals surface area contributed by atoms with Gasteiger partial charge >= 0.3 is 11.9 Å². The maximum atomic E-state index is 13.0. The molecule has 2 unspecified atom stereocenters. The molecule has 0 N–H and O–H groups in total. The molecule has 572 valence electrons. The minimum atomic E-state index is -1.63. The molecule has 9 heteroatoms. The third kappa shape index (κ3) is 81.6. The van der Waals surface area contributed by atoms with Gasteiger partial charge < -0.3 is 33.3 Å². The molecule has 2 atom stereocenters. The molecule has 0 aliphatic heterocycles. The predicted octanol–water partition coefficient (Wildman–Crippen LogP) is 25.4. The van der Waals surface area contributed by atoms with Crippen molar-refractivity contribution in [3.63, 3.8) is 0 Å². The molecule has 0 aromatic heterocycles. The van der Waals surface area contributed by atoms with E-state index in [-0.39, 0.29) is 38.6 Å². The van der Waals surface area contributed by atoms with E-state index in [0.29, 0.717) is 17.4 Å². The fourth-order valence-corrected chi connectivity index (χ4v) is 11.0. The molecule has 0 fully saturated rings. The molecular weight excluding hydrogens is 1250 g/mol. The zero-order chi connectivity index (χ0) is 73.2. The molecule has 0 amide bonds. The van der Waals surface area contributed by atoms with E-state index in [4.69, 9.17) is 18.9 Å². The van der Waals surface area contributed by atoms with Crippen molar-refractivity contribution in [3.05, 3.63) is 182 Å². The fraction of sp³-hybridized carbons (Fsp3) is 0.641. The van der Waals surface area contributed by atoms with E-state index in [9.17, 15) is 19.5 Å². The Morgan fingerprint density at radius 2 is 0.535 bits per heavy atom. The molecule has 0 rings (SSSR count). The summed E-state index contributed by atoms with van der Waals surface area (Å²) in [5.74, 6) is -2.29. The van der Waals surface area contributed by atoms with E-state index >= 15 is 0 Å². The average Bonchev–Trinajstić information content (AvgIpc) is 1.21. The fourth-order valence-electron chi connectivity index (χ4n) is 11.0. The smallest absolute Gasteiger partial charge is 0.306 e. The SMILES string of the molecule is CC/C=C\C/C=C\C/C=C\C/C=C\C/C=C\C/C=C\C/C=C\C/C=C\C/C=C\C/C=C\CCCCCCCCCCCCC(=O)OC(COC(=O)CCCCCCCCCCCCCCCCCCCCC/C=C\C/C=C\C/C=C\C/C=C\C/C=C\CC)COC(OCC[N+](C)(C)C)C(=O)[O-]. The number of carboxylic acid groups (broad SMARTS) is 1. The normalized spacial score (nSPS) is 13.6. The van der Waals surface area contributed by atoms with E-state index in [1.807, 2.05) is 21.1 Å². The molecule has 0 saturated heterocycles. The predicted molar refractivity (Wildman–Crippen MR) is 435 cm³/mol. The first-order valence-electron chi connectivity index (χ1n) is 40.9. The summed E-state index contributed by atoms with van der Waals surface area (Å²) in [7, 11) is 5.93. The third-order valence-electron chi connectivity index (χ3n) is 17.1. The van der Waals surface area contributed by atoms with Crippen molar-refractivity contribution in [1.29, 1.82) is 0 Å². The van der Waals surface area contributed by atoms with Crippen LogP contribution in [0.25, 0.3) is 0 Å². The molecule has 0 saturated carbocycles. The highest BCUT2D eigenvalue weighted by molar-refractivity contribution is 5.70. The van der Waals surface area contributed by atoms with Crippen LogP contribution in [0.4, 0.5) is 0 Å². The lowest BCUT2D eigenvalue weighted by Gasteiger charge is -2.26. The second-order valence-corrected chi connectivity index (χ2v) is 27.9. The van der Waals surface area contributed by atoms with Crippen molar-refractivity contribution >= 4 is 17.9 Å². The molecule has 0 spiro atoms. The maximum absolute atomic E-state index is 13.0. The zero-order valence-electron chi connectivity index (χ0n) is 65.5. The van der Waals surface area contributed by atoms with Crippen LogP contribution in [-0.2, 0) is 33.3 Å². The van der Waals surface area contributed by atoms with Gasteiger partial charge in [0.25, 0.3) is 0 Å². The molecule has 0 radical (unpaired) electrons. The zero-order valence-corrected chi connectivity index (χ0v) is 65.5. The highest BCUT2D eigenvalue weighted by atomic mass is 16.7. The minimum Gasteiger partial charge on any atom is -0.545 e. The van der Waals surface area contributed by atoms with Gasteiger partial charge in [-0.25, -0.2) is 0 Å². The Kier molecular flexibility index (Phi) is 75.6. The van der Waals surface area contributed by atoms with Crippen molar-refractivity contribution in [1.82, 2.24) is 0 Å². The number of hydrogen-bond donors (Lipinski definition) is 0. The first kappa shape index (κ1) is 95.4. The molecule has 0 aromatic carbocycles. The third-order valence-corrected chi connectivity index (χ3v) is 17.1. The number of rotatable bonds is 74. The lowest BCUT2D eigenvalue weighted by atomic mass is 10.0. The summed E-state index contributed by atoms with van der Waals surface area (Å²) in [5.41, 5.74) is 0. The monoisotopic (exact) mass is 1400 g/mol. The van der Waals surface area contributed by atoms with Gasteiger partial charge in [0.2, 0.25) is 0 Å². The quantitative estimate of drug-likeness (QED) is 0.0195. The van der Waals surface area contributed by atoms with Crippen LogP contribution in [0, 0.1) is 0 Å². The molecule has 0 aliphatic carbocycles. The number of carbonyl (C=O) groups excluding carboxylic acids is 3. The van der Waals surface area contributed by atoms with Crippen LogP contribution in [0.5, 0.6) is 0 Å². The first-order valence-corrected chi connectivity index (χ1v) is 40.9. The number of nitrogens with zero attached hydrogens (tertiary/aromatic N) is 1. The first-order chi connectivity index (χ1) is 49.6. The highest BCUT2D eigenvalue weighted by Crippen LogP contribution is 2.18. The second-order valence-electron chi connectivity index (χ2n) is 27.9. The van der Waals surface area contributed by atoms with Crippen LogP contribution in [0.1, 0.15) is 322 Å². The van der Waals surface area contributed by atoms with Gasteiger partial charge in [0, 0.05) is 12.8 Å². The summed E-state index contributed by atoms with van der Waals surface area (Å²) in [6, 6.07) is 0. The number of carboxylic acids is 1. The van der Waals surface area contributed by atoms with E-state index in [1.54, 1.807) is 0 Å². The van der Waals surface area contributed by atoms with Gasteiger partial charge in [-0.3, -0.25) is 9.59 Å². The summed E-state index contributed by atoms with van der Waals surface area (Å²) in [6.07, 6.45) is 119. The topological polar surface area (TPSA) is 111 Å². The number of quaternary nitrogens is 1. The summed E-state index contributed by atoms with van der Waals surface area (Å²) in [6.45, 7) is 4.53. The summed E-state index contributed by atoms with van der Waals surface area (Å²) in [4.78, 5) is 37.6. The van der Waals surface area contributed by atoms with Crippen molar-refractivity contribution in [2.75, 3.05) is 47.5 Å². The van der Waals surface area contributed by atoms with Crippen molar-refractivity contribution in [3.8, 4) is 0 Å². The number of esters is 2. The average molecular weight is 1400 g/mol. The summed E-state index contributed by atoms with van der Waals surface area (Å²) in [5, 5.41) is 11.9. The Hall–Kier alpha value is -5.61. The van der Waals surface area contributed by atoms with Gasteiger partial charge in [0.05, 0.1) is 40.3 Å². The Morgan fingerprint density at radius 3 is 0.792 bits per heavy atom. The van der Waals surface area contributed by atoms with Crippen LogP contribution in [0.3, 0.4) is 0 Å². The van der Waals surface area contributed by atoms with Gasteiger partial charge in [-0.2, -0.15) is 0 Å². The summed E-state index contributed by atoms with van der Waals surface area (Å²) < 4.78 is 22.9. The van der Waals surface area contributed by atoms with Crippen LogP contribution >= 0.6 is 0 Å². The molecule has 0 bridgehead atoms. The molecule has 0 heterocycles. The van der Waals surface area contributed by atoms with Crippen molar-refractivity contribution < 1.29 is 42.9 Å². The van der Waals surface area contributed by atoms with Crippen molar-refractivity contribution in [2.45, 2.75) is 334 Å². The molecule has 9 nitrogen and oxygen atoms in total. The van der Waals surface area contributed by atoms with Crippen LogP contribution in [0.15, 0.2) is 182 Å². The number of unbranched alkanes of at least 4 members (excludes halogenated alkanes) is 29. The highest BCUT2D eigenvalue weighted by Gasteiger charge is 2.22. The Balaban J connectivity index is 4.08. The van der Waals surface area contributed by atoms with E-state index in [0.717, 1.165) is 141 Å². The largest absolute Gasteiger partial charge is 0.545 e. The lowest BCUT2D eigenvalue weighted by Crippen LogP contribution is -2.44. The minimum absolute atomic E-state index is 0.140. The number of likely N-dealkylation sites (N-methyl/N-ethyl adjacent to an activating group) is 1. The number of carbonyl (C=O) groups is 3. The van der Waals surface area contributed by atoms with Crippen LogP contribution in [-0.4, -0.2) is 82.3 Å². The van der Waals surface area contributed by atoms with Gasteiger partial charge in [-0.15, -0.1) is 0 Å². The number of hydrogen-bond acceptors (Lipinski definition) is 8. The van der Waals surface area contributed by atoms with Crippen LogP contribution < -0.4 is 5.11 Å². The summed E-state index contributed by atoms with van der Waals surface area (Å²) >= 11 is 0. The van der Waals surface area contributed by atoms with E-state index in [2.05, 4.69) is 196 Å². The standard InChI is InChI=1S/C92H151NO8/c1-6-8-10-12-14-16-18-20-22-24-26-28-30-32-34-36-38-40-42-43-44-45-46-47-49-51-53-55-57-59-61-63-65-67-69-71-73-75-77-79-81-83-90(95)101-88(87-100-92(91(96)97)98-85-84-93(3,4)5)86-99-89(94)82-80-78-76-74-72-70-68-66-64-62-60-58-56-54-52-50-48-41-39-37-35-33-31-29-27-25-23-21-19-17-15-13-11-9-7-2/h8-11,14-17,20-23,26-29,32-35,38,40,43-44,46-47,51,53,57,59,88,92H,6-7,12-13,18-19,24-25,30-31,36-37,39,41-42,45,48-50,52,54-56,58,60-87H2,1-5H3/b10-8-,11-9-,16-14-,17-15-,22-20-,23-21-,28-26-,29-27-,34-32-,35-33-,40-38-,44-43-,47-46-,53-51-,59-57-. The number of aliphatic carboxylic acids is 1. The molecule has 0 aliphatic rings. The van der Waals surface area contributed by atoms with Gasteiger partial charge in [0.15, 0.2) is 12.4 Å². The Bertz CT molecular complexity index is 2330. The Labute approximate surface area is 621 Å². The molecule has 101 heavy (non-hydrogen) atoms. The number of allylic oxidation sites excluding steroid dienone is 30. The Morgan fingerprint density at radius 1 is 0.297 bits per heavy atom. The van der Waals surface area contributed by atoms with E-state index in [1.165, 1.54) is 148 Å². The van der Waals surface area contributed by atoms with Crippen molar-refractivity contribution in [2.24, 2.45) is 0 Å². The van der Waals surface area contributed by atoms with Gasteiger partial charge in [0.1, 0.15) is 13.2 Å². The van der Waals surface area contributed by atoms with Gasteiger partial charge in [-0.05, 0) is 135 Å². The van der Waals surface area contributed by atoms with Crippen LogP contribution in [0.2, 0.25) is 0 Å². The lowest BCUT2D eigenvalue weighted by molar-refractivity contribution is -0.870. The number of ether oxygens (including phenoxy) is 4. The molecular formula is C92H151NO8.